The topological polar surface area (TPSA) is 12.0 Å². The van der Waals surface area contributed by atoms with Crippen LogP contribution in [0.15, 0.2) is 24.3 Å². The molecule has 1 N–H and O–H groups in total. The second-order valence-corrected chi connectivity index (χ2v) is 5.87. The first-order chi connectivity index (χ1) is 8.04. The lowest BCUT2D eigenvalue weighted by molar-refractivity contribution is -0.0154. The fourth-order valence-electron chi connectivity index (χ4n) is 3.96. The summed E-state index contributed by atoms with van der Waals surface area (Å²) in [6, 6.07) is 9.77. The number of hydrogen-bond donors (Lipinski definition) is 1. The maximum absolute atomic E-state index is 3.50. The molecule has 0 aliphatic heterocycles. The van der Waals surface area contributed by atoms with Gasteiger partial charge in [-0.15, -0.1) is 0 Å². The lowest BCUT2D eigenvalue weighted by Crippen LogP contribution is -2.61. The highest BCUT2D eigenvalue weighted by molar-refractivity contribution is 5.32. The summed E-state index contributed by atoms with van der Waals surface area (Å²) in [6.45, 7) is 9.28. The molecule has 1 aromatic rings. The normalized spacial score (nSPS) is 36.6. The maximum atomic E-state index is 3.50. The van der Waals surface area contributed by atoms with Crippen molar-refractivity contribution in [3.8, 4) is 0 Å². The first-order valence-electron chi connectivity index (χ1n) is 6.78. The molecule has 0 spiro atoms. The predicted molar refractivity (Wildman–Crippen MR) is 74.3 cm³/mol. The fourth-order valence-corrected chi connectivity index (χ4v) is 3.96. The molecule has 0 aromatic heterocycles. The van der Waals surface area contributed by atoms with E-state index >= 15 is 0 Å². The van der Waals surface area contributed by atoms with E-state index in [1.54, 1.807) is 0 Å². The number of hydrogen-bond acceptors (Lipinski definition) is 1. The summed E-state index contributed by atoms with van der Waals surface area (Å²) in [7, 11) is 2.10. The molecule has 1 aliphatic carbocycles. The van der Waals surface area contributed by atoms with Crippen LogP contribution in [0.5, 0.6) is 0 Å². The van der Waals surface area contributed by atoms with E-state index in [-0.39, 0.29) is 0 Å². The molecule has 1 saturated carbocycles. The van der Waals surface area contributed by atoms with Crippen molar-refractivity contribution in [2.75, 3.05) is 7.05 Å². The molecule has 94 valence electrons. The average Bonchev–Trinajstić information content (AvgIpc) is 2.32. The summed E-state index contributed by atoms with van der Waals surface area (Å²) in [5.41, 5.74) is 3.27. The van der Waals surface area contributed by atoms with Gasteiger partial charge >= 0.3 is 0 Å². The van der Waals surface area contributed by atoms with Gasteiger partial charge in [0.1, 0.15) is 0 Å². The van der Waals surface area contributed by atoms with Crippen LogP contribution in [0, 0.1) is 18.3 Å². The third-order valence-corrected chi connectivity index (χ3v) is 4.98. The lowest BCUT2D eigenvalue weighted by atomic mass is 9.48. The molecule has 1 fully saturated rings. The molecule has 1 aliphatic rings. The van der Waals surface area contributed by atoms with Crippen LogP contribution in [0.2, 0.25) is 0 Å². The molecule has 0 bridgehead atoms. The molecular weight excluding hydrogens is 206 g/mol. The molecule has 2 rings (SSSR count). The molecule has 1 aromatic carbocycles. The SMILES string of the molecule is CCC1(C)C(NC)C(C)C1c1ccc(C)cc1. The number of aryl methyl sites for hydroxylation is 1. The zero-order valence-electron chi connectivity index (χ0n) is 11.7. The minimum Gasteiger partial charge on any atom is -0.316 e. The third kappa shape index (κ3) is 1.81. The van der Waals surface area contributed by atoms with Gasteiger partial charge in [0.15, 0.2) is 0 Å². The Morgan fingerprint density at radius 1 is 1.24 bits per heavy atom. The van der Waals surface area contributed by atoms with Crippen molar-refractivity contribution in [3.63, 3.8) is 0 Å². The van der Waals surface area contributed by atoms with Crippen LogP contribution in [0.4, 0.5) is 0 Å². The Balaban J connectivity index is 2.29. The standard InChI is InChI=1S/C16H25N/c1-6-16(4)14(12(3)15(16)17-5)13-9-7-11(2)8-10-13/h7-10,12,14-15,17H,6H2,1-5H3. The van der Waals surface area contributed by atoms with Gasteiger partial charge in [-0.05, 0) is 43.2 Å². The molecule has 1 heteroatoms. The zero-order valence-corrected chi connectivity index (χ0v) is 11.7. The van der Waals surface area contributed by atoms with Crippen molar-refractivity contribution < 1.29 is 0 Å². The van der Waals surface area contributed by atoms with Crippen molar-refractivity contribution in [1.29, 1.82) is 0 Å². The summed E-state index contributed by atoms with van der Waals surface area (Å²) in [5.74, 6) is 1.43. The summed E-state index contributed by atoms with van der Waals surface area (Å²) in [6.07, 6.45) is 1.24. The van der Waals surface area contributed by atoms with Crippen LogP contribution < -0.4 is 5.32 Å². The van der Waals surface area contributed by atoms with Gasteiger partial charge in [-0.2, -0.15) is 0 Å². The van der Waals surface area contributed by atoms with Gasteiger partial charge < -0.3 is 5.32 Å². The van der Waals surface area contributed by atoms with E-state index in [0.29, 0.717) is 17.4 Å². The van der Waals surface area contributed by atoms with E-state index in [4.69, 9.17) is 0 Å². The van der Waals surface area contributed by atoms with Crippen LogP contribution in [-0.4, -0.2) is 13.1 Å². The first-order valence-corrected chi connectivity index (χ1v) is 6.78. The quantitative estimate of drug-likeness (QED) is 0.835. The van der Waals surface area contributed by atoms with Crippen LogP contribution in [0.25, 0.3) is 0 Å². The highest BCUT2D eigenvalue weighted by Crippen LogP contribution is 2.58. The largest absolute Gasteiger partial charge is 0.316 e. The van der Waals surface area contributed by atoms with Crippen molar-refractivity contribution in [2.24, 2.45) is 11.3 Å². The highest BCUT2D eigenvalue weighted by atomic mass is 14.9. The van der Waals surface area contributed by atoms with Gasteiger partial charge in [0, 0.05) is 6.04 Å². The third-order valence-electron chi connectivity index (χ3n) is 4.98. The smallest absolute Gasteiger partial charge is 0.0155 e. The average molecular weight is 231 g/mol. The van der Waals surface area contributed by atoms with E-state index in [2.05, 4.69) is 64.3 Å². The molecule has 0 amide bonds. The molecule has 1 nitrogen and oxygen atoms in total. The van der Waals surface area contributed by atoms with Crippen LogP contribution in [0.1, 0.15) is 44.2 Å². The molecule has 0 heterocycles. The Bertz CT molecular complexity index is 381. The summed E-state index contributed by atoms with van der Waals surface area (Å²) in [5, 5.41) is 3.50. The van der Waals surface area contributed by atoms with Gasteiger partial charge in [-0.1, -0.05) is 50.6 Å². The lowest BCUT2D eigenvalue weighted by Gasteiger charge is -2.59. The minimum atomic E-state index is 0.406. The number of nitrogens with one attached hydrogen (secondary N) is 1. The van der Waals surface area contributed by atoms with Crippen molar-refractivity contribution >= 4 is 0 Å². The molecule has 17 heavy (non-hydrogen) atoms. The maximum Gasteiger partial charge on any atom is 0.0155 e. The van der Waals surface area contributed by atoms with Crippen LogP contribution >= 0.6 is 0 Å². The van der Waals surface area contributed by atoms with Crippen LogP contribution in [-0.2, 0) is 0 Å². The van der Waals surface area contributed by atoms with E-state index in [9.17, 15) is 0 Å². The minimum absolute atomic E-state index is 0.406. The van der Waals surface area contributed by atoms with Crippen LogP contribution in [0.3, 0.4) is 0 Å². The molecular formula is C16H25N. The Morgan fingerprint density at radius 3 is 2.29 bits per heavy atom. The Morgan fingerprint density at radius 2 is 1.82 bits per heavy atom. The summed E-state index contributed by atoms with van der Waals surface area (Å²) < 4.78 is 0. The van der Waals surface area contributed by atoms with Crippen molar-refractivity contribution in [2.45, 2.75) is 46.1 Å². The van der Waals surface area contributed by atoms with Gasteiger partial charge in [-0.3, -0.25) is 0 Å². The molecule has 0 radical (unpaired) electrons. The zero-order chi connectivity index (χ0) is 12.6. The Labute approximate surface area is 106 Å². The molecule has 4 atom stereocenters. The number of benzene rings is 1. The second-order valence-electron chi connectivity index (χ2n) is 5.87. The molecule has 4 unspecified atom stereocenters. The van der Waals surface area contributed by atoms with Gasteiger partial charge in [0.05, 0.1) is 0 Å². The first kappa shape index (κ1) is 12.6. The van der Waals surface area contributed by atoms with E-state index < -0.39 is 0 Å². The predicted octanol–water partition coefficient (Wildman–Crippen LogP) is 3.73. The fraction of sp³-hybridized carbons (Fsp3) is 0.625. The van der Waals surface area contributed by atoms with Crippen molar-refractivity contribution in [3.05, 3.63) is 35.4 Å². The van der Waals surface area contributed by atoms with Gasteiger partial charge in [0.2, 0.25) is 0 Å². The number of rotatable bonds is 3. The highest BCUT2D eigenvalue weighted by Gasteiger charge is 2.55. The monoisotopic (exact) mass is 231 g/mol. The van der Waals surface area contributed by atoms with E-state index in [0.717, 1.165) is 5.92 Å². The van der Waals surface area contributed by atoms with E-state index in [1.165, 1.54) is 17.5 Å². The Kier molecular flexibility index (Phi) is 3.31. The Hall–Kier alpha value is -0.820. The van der Waals surface area contributed by atoms with Gasteiger partial charge in [0.25, 0.3) is 0 Å². The molecule has 0 saturated heterocycles. The van der Waals surface area contributed by atoms with Gasteiger partial charge in [-0.25, -0.2) is 0 Å². The van der Waals surface area contributed by atoms with E-state index in [1.807, 2.05) is 0 Å². The summed E-state index contributed by atoms with van der Waals surface area (Å²) >= 11 is 0. The second kappa shape index (κ2) is 4.45. The summed E-state index contributed by atoms with van der Waals surface area (Å²) in [4.78, 5) is 0. The van der Waals surface area contributed by atoms with Crippen molar-refractivity contribution in [1.82, 2.24) is 5.32 Å².